The van der Waals surface area contributed by atoms with Crippen LogP contribution in [-0.4, -0.2) is 36.0 Å². The molecule has 1 aliphatic heterocycles. The highest BCUT2D eigenvalue weighted by molar-refractivity contribution is 5.95. The maximum atomic E-state index is 13.4. The average molecular weight is 445 g/mol. The number of nitrogens with one attached hydrogen (secondary N) is 1. The van der Waals surface area contributed by atoms with Crippen molar-refractivity contribution in [3.05, 3.63) is 58.8 Å². The lowest BCUT2D eigenvalue weighted by molar-refractivity contribution is -0.138. The van der Waals surface area contributed by atoms with Crippen LogP contribution in [0.4, 0.5) is 24.7 Å². The number of nitrogens with zero attached hydrogens (tertiary/aromatic N) is 3. The molecule has 5 nitrogen and oxygen atoms in total. The predicted molar refractivity (Wildman–Crippen MR) is 120 cm³/mol. The van der Waals surface area contributed by atoms with E-state index in [-0.39, 0.29) is 17.6 Å². The molecule has 0 radical (unpaired) electrons. The van der Waals surface area contributed by atoms with E-state index < -0.39 is 11.7 Å². The number of aromatic nitrogens is 2. The van der Waals surface area contributed by atoms with Crippen molar-refractivity contribution in [2.24, 2.45) is 0 Å². The van der Waals surface area contributed by atoms with Gasteiger partial charge in [0.05, 0.1) is 30.5 Å². The fourth-order valence-corrected chi connectivity index (χ4v) is 4.38. The van der Waals surface area contributed by atoms with Gasteiger partial charge in [0.1, 0.15) is 0 Å². The SMILES string of the molecule is Cc1c([C@@H](C)Nc2nnc(C)c3ccc(N4CCOC[C@@H]4C)cc23)cccc1C(F)(F)F. The molecule has 1 N–H and O–H groups in total. The van der Waals surface area contributed by atoms with Crippen molar-refractivity contribution < 1.29 is 17.9 Å². The molecule has 0 unspecified atom stereocenters. The maximum Gasteiger partial charge on any atom is 0.416 e. The summed E-state index contributed by atoms with van der Waals surface area (Å²) < 4.78 is 45.7. The number of fused-ring (bicyclic) bond motifs is 1. The van der Waals surface area contributed by atoms with E-state index in [0.717, 1.165) is 34.8 Å². The van der Waals surface area contributed by atoms with Crippen molar-refractivity contribution in [2.45, 2.75) is 46.0 Å². The molecule has 1 aliphatic rings. The Morgan fingerprint density at radius 3 is 2.62 bits per heavy atom. The quantitative estimate of drug-likeness (QED) is 0.562. The molecule has 0 bridgehead atoms. The van der Waals surface area contributed by atoms with Crippen LogP contribution in [0.1, 0.15) is 42.3 Å². The molecule has 2 aromatic carbocycles. The first-order valence-electron chi connectivity index (χ1n) is 10.7. The Morgan fingerprint density at radius 1 is 1.12 bits per heavy atom. The maximum absolute atomic E-state index is 13.4. The van der Waals surface area contributed by atoms with Crippen LogP contribution in [0.5, 0.6) is 0 Å². The molecule has 1 aromatic heterocycles. The summed E-state index contributed by atoms with van der Waals surface area (Å²) in [6.45, 7) is 9.51. The molecule has 4 rings (SSSR count). The van der Waals surface area contributed by atoms with Crippen LogP contribution in [0, 0.1) is 13.8 Å². The van der Waals surface area contributed by atoms with E-state index in [1.807, 2.05) is 19.9 Å². The Hall–Kier alpha value is -2.87. The minimum Gasteiger partial charge on any atom is -0.377 e. The third kappa shape index (κ3) is 4.24. The molecule has 8 heteroatoms. The molecule has 1 saturated heterocycles. The zero-order valence-corrected chi connectivity index (χ0v) is 18.6. The smallest absolute Gasteiger partial charge is 0.377 e. The molecule has 3 aromatic rings. The van der Waals surface area contributed by atoms with E-state index in [1.165, 1.54) is 13.0 Å². The zero-order valence-electron chi connectivity index (χ0n) is 18.6. The molecule has 1 fully saturated rings. The Labute approximate surface area is 185 Å². The summed E-state index contributed by atoms with van der Waals surface area (Å²) in [5, 5.41) is 13.8. The number of aryl methyl sites for hydroxylation is 1. The van der Waals surface area contributed by atoms with Crippen molar-refractivity contribution in [3.63, 3.8) is 0 Å². The predicted octanol–water partition coefficient (Wildman–Crippen LogP) is 5.66. The summed E-state index contributed by atoms with van der Waals surface area (Å²) >= 11 is 0. The number of alkyl halides is 3. The third-order valence-electron chi connectivity index (χ3n) is 6.15. The molecule has 32 heavy (non-hydrogen) atoms. The second-order valence-electron chi connectivity index (χ2n) is 8.36. The number of halogens is 3. The summed E-state index contributed by atoms with van der Waals surface area (Å²) in [6, 6.07) is 10.3. The fraction of sp³-hybridized carbons (Fsp3) is 0.417. The minimum absolute atomic E-state index is 0.215. The van der Waals surface area contributed by atoms with Gasteiger partial charge < -0.3 is 15.0 Å². The molecule has 0 aliphatic carbocycles. The Balaban J connectivity index is 1.72. The highest BCUT2D eigenvalue weighted by atomic mass is 19.4. The summed E-state index contributed by atoms with van der Waals surface area (Å²) in [7, 11) is 0. The number of ether oxygens (including phenoxy) is 1. The van der Waals surface area contributed by atoms with Gasteiger partial charge in [0.15, 0.2) is 5.82 Å². The molecular formula is C24H27F3N4O. The number of benzene rings is 2. The lowest BCUT2D eigenvalue weighted by atomic mass is 9.97. The van der Waals surface area contributed by atoms with Crippen LogP contribution in [0.3, 0.4) is 0 Å². The van der Waals surface area contributed by atoms with Gasteiger partial charge in [0.2, 0.25) is 0 Å². The van der Waals surface area contributed by atoms with Crippen LogP contribution in [-0.2, 0) is 10.9 Å². The molecule has 2 heterocycles. The van der Waals surface area contributed by atoms with Gasteiger partial charge in [-0.05, 0) is 57.0 Å². The first-order valence-corrected chi connectivity index (χ1v) is 10.7. The van der Waals surface area contributed by atoms with Crippen molar-refractivity contribution in [1.29, 1.82) is 0 Å². The third-order valence-corrected chi connectivity index (χ3v) is 6.15. The van der Waals surface area contributed by atoms with E-state index in [0.29, 0.717) is 24.6 Å². The molecule has 170 valence electrons. The van der Waals surface area contributed by atoms with E-state index in [4.69, 9.17) is 4.74 Å². The van der Waals surface area contributed by atoms with Gasteiger partial charge in [-0.1, -0.05) is 18.2 Å². The second kappa shape index (κ2) is 8.58. The number of anilines is 2. The molecule has 0 amide bonds. The van der Waals surface area contributed by atoms with Gasteiger partial charge in [-0.3, -0.25) is 0 Å². The van der Waals surface area contributed by atoms with E-state index in [1.54, 1.807) is 6.07 Å². The van der Waals surface area contributed by atoms with Crippen LogP contribution in [0.2, 0.25) is 0 Å². The van der Waals surface area contributed by atoms with Crippen molar-refractivity contribution in [1.82, 2.24) is 10.2 Å². The van der Waals surface area contributed by atoms with Gasteiger partial charge in [-0.15, -0.1) is 5.10 Å². The molecule has 0 spiro atoms. The van der Waals surface area contributed by atoms with Crippen molar-refractivity contribution in [3.8, 4) is 0 Å². The summed E-state index contributed by atoms with van der Waals surface area (Å²) in [5.41, 5.74) is 2.04. The largest absolute Gasteiger partial charge is 0.416 e. The molecule has 2 atom stereocenters. The number of morpholine rings is 1. The Bertz CT molecular complexity index is 1130. The van der Waals surface area contributed by atoms with Gasteiger partial charge in [-0.25, -0.2) is 0 Å². The van der Waals surface area contributed by atoms with E-state index in [9.17, 15) is 13.2 Å². The Kier molecular flexibility index (Phi) is 5.99. The highest BCUT2D eigenvalue weighted by Crippen LogP contribution is 2.36. The van der Waals surface area contributed by atoms with Crippen molar-refractivity contribution >= 4 is 22.3 Å². The average Bonchev–Trinajstić information content (AvgIpc) is 2.75. The normalized spacial score (nSPS) is 18.1. The number of hydrogen-bond acceptors (Lipinski definition) is 5. The summed E-state index contributed by atoms with van der Waals surface area (Å²) in [6.07, 6.45) is -4.39. The monoisotopic (exact) mass is 444 g/mol. The van der Waals surface area contributed by atoms with Crippen molar-refractivity contribution in [2.75, 3.05) is 30.0 Å². The first-order chi connectivity index (χ1) is 15.2. The summed E-state index contributed by atoms with van der Waals surface area (Å²) in [4.78, 5) is 2.29. The molecule has 0 saturated carbocycles. The van der Waals surface area contributed by atoms with Gasteiger partial charge in [0, 0.05) is 29.0 Å². The zero-order chi connectivity index (χ0) is 23.0. The van der Waals surface area contributed by atoms with Crippen LogP contribution >= 0.6 is 0 Å². The van der Waals surface area contributed by atoms with E-state index >= 15 is 0 Å². The lowest BCUT2D eigenvalue weighted by Gasteiger charge is -2.35. The van der Waals surface area contributed by atoms with Gasteiger partial charge in [-0.2, -0.15) is 18.3 Å². The van der Waals surface area contributed by atoms with E-state index in [2.05, 4.69) is 39.5 Å². The first kappa shape index (κ1) is 22.3. The second-order valence-corrected chi connectivity index (χ2v) is 8.36. The van der Waals surface area contributed by atoms with Gasteiger partial charge in [0.25, 0.3) is 0 Å². The minimum atomic E-state index is -4.39. The van der Waals surface area contributed by atoms with Crippen LogP contribution in [0.15, 0.2) is 36.4 Å². The Morgan fingerprint density at radius 2 is 1.91 bits per heavy atom. The highest BCUT2D eigenvalue weighted by Gasteiger charge is 2.33. The summed E-state index contributed by atoms with van der Waals surface area (Å²) in [5.74, 6) is 0.553. The molecular weight excluding hydrogens is 417 g/mol. The lowest BCUT2D eigenvalue weighted by Crippen LogP contribution is -2.43. The van der Waals surface area contributed by atoms with Gasteiger partial charge >= 0.3 is 6.18 Å². The fourth-order valence-electron chi connectivity index (χ4n) is 4.38. The number of rotatable bonds is 4. The number of hydrogen-bond donors (Lipinski definition) is 1. The van der Waals surface area contributed by atoms with Crippen LogP contribution < -0.4 is 10.2 Å². The topological polar surface area (TPSA) is 50.3 Å². The standard InChI is InChI=1S/C24H27F3N4O/c1-14-13-32-11-10-31(14)18-8-9-20-17(4)29-30-23(21(20)12-18)28-16(3)19-6-5-7-22(15(19)2)24(25,26)27/h5-9,12,14,16H,10-11,13H2,1-4H3,(H,28,30)/t14-,16+/m0/s1. The van der Waals surface area contributed by atoms with Crippen LogP contribution in [0.25, 0.3) is 10.8 Å².